The Labute approximate surface area is 123 Å². The van der Waals surface area contributed by atoms with E-state index in [9.17, 15) is 18.3 Å². The fourth-order valence-corrected chi connectivity index (χ4v) is 2.49. The second-order valence-electron chi connectivity index (χ2n) is 4.53. The molecule has 0 aliphatic rings. The highest BCUT2D eigenvalue weighted by molar-refractivity contribution is 9.10. The first kappa shape index (κ1) is 15.1. The highest BCUT2D eigenvalue weighted by atomic mass is 79.9. The number of hydrogen-bond donors (Lipinski definition) is 1. The third-order valence-corrected chi connectivity index (χ3v) is 3.55. The SMILES string of the molecule is Cc1cc(Br)ccc1C(O)c1cccc(C(F)(F)F)c1. The maximum atomic E-state index is 12.7. The second kappa shape index (κ2) is 5.58. The molecule has 1 nitrogen and oxygen atoms in total. The molecule has 0 fully saturated rings. The second-order valence-corrected chi connectivity index (χ2v) is 5.44. The largest absolute Gasteiger partial charge is 0.416 e. The maximum absolute atomic E-state index is 12.7. The van der Waals surface area contributed by atoms with Gasteiger partial charge < -0.3 is 5.11 Å². The highest BCUT2D eigenvalue weighted by Gasteiger charge is 2.31. The molecule has 1 atom stereocenters. The van der Waals surface area contributed by atoms with E-state index in [1.165, 1.54) is 12.1 Å². The van der Waals surface area contributed by atoms with Crippen LogP contribution in [0.4, 0.5) is 13.2 Å². The van der Waals surface area contributed by atoms with Crippen LogP contribution in [0, 0.1) is 6.92 Å². The summed E-state index contributed by atoms with van der Waals surface area (Å²) < 4.78 is 38.9. The van der Waals surface area contributed by atoms with Gasteiger partial charge in [-0.25, -0.2) is 0 Å². The molecule has 0 aromatic heterocycles. The van der Waals surface area contributed by atoms with Gasteiger partial charge in [-0.3, -0.25) is 0 Å². The van der Waals surface area contributed by atoms with Gasteiger partial charge in [0.25, 0.3) is 0 Å². The molecule has 1 unspecified atom stereocenters. The zero-order chi connectivity index (χ0) is 14.9. The molecular weight excluding hydrogens is 333 g/mol. The third kappa shape index (κ3) is 3.22. The van der Waals surface area contributed by atoms with Crippen LogP contribution in [0.3, 0.4) is 0 Å². The van der Waals surface area contributed by atoms with Gasteiger partial charge in [-0.05, 0) is 47.9 Å². The molecule has 20 heavy (non-hydrogen) atoms. The van der Waals surface area contributed by atoms with Crippen molar-refractivity contribution in [3.05, 3.63) is 69.2 Å². The Bertz CT molecular complexity index is 623. The van der Waals surface area contributed by atoms with Crippen LogP contribution in [-0.4, -0.2) is 5.11 Å². The molecule has 0 saturated heterocycles. The molecule has 0 saturated carbocycles. The molecule has 0 spiro atoms. The smallest absolute Gasteiger partial charge is 0.384 e. The first-order valence-electron chi connectivity index (χ1n) is 5.90. The van der Waals surface area contributed by atoms with E-state index in [0.717, 1.165) is 22.2 Å². The van der Waals surface area contributed by atoms with Crippen molar-refractivity contribution in [2.45, 2.75) is 19.2 Å². The Morgan fingerprint density at radius 3 is 2.40 bits per heavy atom. The lowest BCUT2D eigenvalue weighted by Gasteiger charge is -2.16. The van der Waals surface area contributed by atoms with Crippen molar-refractivity contribution in [1.29, 1.82) is 0 Å². The van der Waals surface area contributed by atoms with Crippen LogP contribution in [0.2, 0.25) is 0 Å². The summed E-state index contributed by atoms with van der Waals surface area (Å²) in [6.07, 6.45) is -5.49. The minimum absolute atomic E-state index is 0.227. The molecular formula is C15H12BrF3O. The average molecular weight is 345 g/mol. The average Bonchev–Trinajstić information content (AvgIpc) is 2.37. The van der Waals surface area contributed by atoms with Gasteiger partial charge in [0.1, 0.15) is 6.10 Å². The van der Waals surface area contributed by atoms with Crippen LogP contribution >= 0.6 is 15.9 Å². The van der Waals surface area contributed by atoms with Gasteiger partial charge in [0.2, 0.25) is 0 Å². The maximum Gasteiger partial charge on any atom is 0.416 e. The van der Waals surface area contributed by atoms with E-state index in [0.29, 0.717) is 5.56 Å². The zero-order valence-corrected chi connectivity index (χ0v) is 12.2. The summed E-state index contributed by atoms with van der Waals surface area (Å²) in [4.78, 5) is 0. The number of hydrogen-bond acceptors (Lipinski definition) is 1. The Morgan fingerprint density at radius 1 is 1.10 bits per heavy atom. The summed E-state index contributed by atoms with van der Waals surface area (Å²) in [5, 5.41) is 10.3. The lowest BCUT2D eigenvalue weighted by atomic mass is 9.96. The summed E-state index contributed by atoms with van der Waals surface area (Å²) in [5.74, 6) is 0. The van der Waals surface area contributed by atoms with Crippen molar-refractivity contribution in [2.24, 2.45) is 0 Å². The zero-order valence-electron chi connectivity index (χ0n) is 10.6. The van der Waals surface area contributed by atoms with Crippen LogP contribution < -0.4 is 0 Å². The molecule has 2 aromatic rings. The van der Waals surface area contributed by atoms with E-state index in [1.807, 2.05) is 6.07 Å². The van der Waals surface area contributed by atoms with E-state index >= 15 is 0 Å². The molecule has 0 amide bonds. The summed E-state index contributed by atoms with van der Waals surface area (Å²) >= 11 is 3.31. The van der Waals surface area contributed by atoms with E-state index in [4.69, 9.17) is 0 Å². The molecule has 0 aliphatic heterocycles. The van der Waals surface area contributed by atoms with E-state index in [2.05, 4.69) is 15.9 Å². The normalized spacial score (nSPS) is 13.3. The Balaban J connectivity index is 2.41. The summed E-state index contributed by atoms with van der Waals surface area (Å²) in [6.45, 7) is 1.80. The molecule has 0 heterocycles. The number of aryl methyl sites for hydroxylation is 1. The monoisotopic (exact) mass is 344 g/mol. The van der Waals surface area contributed by atoms with Crippen LogP contribution in [0.15, 0.2) is 46.9 Å². The Morgan fingerprint density at radius 2 is 1.80 bits per heavy atom. The van der Waals surface area contributed by atoms with Crippen molar-refractivity contribution in [3.63, 3.8) is 0 Å². The molecule has 0 radical (unpaired) electrons. The lowest BCUT2D eigenvalue weighted by molar-refractivity contribution is -0.137. The minimum atomic E-state index is -4.41. The Hall–Kier alpha value is -1.33. The summed E-state index contributed by atoms with van der Waals surface area (Å²) in [6, 6.07) is 10.0. The van der Waals surface area contributed by atoms with Gasteiger partial charge in [0.05, 0.1) is 5.56 Å². The van der Waals surface area contributed by atoms with E-state index in [1.54, 1.807) is 19.1 Å². The number of halogens is 4. The number of aliphatic hydroxyl groups is 1. The van der Waals surface area contributed by atoms with Crippen molar-refractivity contribution < 1.29 is 18.3 Å². The molecule has 0 bridgehead atoms. The predicted octanol–water partition coefficient (Wildman–Crippen LogP) is 4.86. The topological polar surface area (TPSA) is 20.2 Å². The van der Waals surface area contributed by atoms with Gasteiger partial charge >= 0.3 is 6.18 Å². The van der Waals surface area contributed by atoms with Gasteiger partial charge in [0, 0.05) is 4.47 Å². The van der Waals surface area contributed by atoms with Gasteiger partial charge in [-0.1, -0.05) is 34.1 Å². The van der Waals surface area contributed by atoms with Gasteiger partial charge in [-0.15, -0.1) is 0 Å². The molecule has 5 heteroatoms. The third-order valence-electron chi connectivity index (χ3n) is 3.06. The van der Waals surface area contributed by atoms with Gasteiger partial charge in [-0.2, -0.15) is 13.2 Å². The van der Waals surface area contributed by atoms with Gasteiger partial charge in [0.15, 0.2) is 0 Å². The molecule has 1 N–H and O–H groups in total. The minimum Gasteiger partial charge on any atom is -0.384 e. The molecule has 106 valence electrons. The number of benzene rings is 2. The van der Waals surface area contributed by atoms with Crippen molar-refractivity contribution in [3.8, 4) is 0 Å². The standard InChI is InChI=1S/C15H12BrF3O/c1-9-7-12(16)5-6-13(9)14(20)10-3-2-4-11(8-10)15(17,18)19/h2-8,14,20H,1H3. The Kier molecular flexibility index (Phi) is 4.20. The highest BCUT2D eigenvalue weighted by Crippen LogP contribution is 2.33. The van der Waals surface area contributed by atoms with Crippen molar-refractivity contribution in [1.82, 2.24) is 0 Å². The van der Waals surface area contributed by atoms with Crippen LogP contribution in [0.1, 0.15) is 28.4 Å². The summed E-state index contributed by atoms with van der Waals surface area (Å²) in [5.41, 5.74) is 0.867. The number of alkyl halides is 3. The molecule has 2 rings (SSSR count). The molecule has 0 aliphatic carbocycles. The molecule has 2 aromatic carbocycles. The quantitative estimate of drug-likeness (QED) is 0.824. The fraction of sp³-hybridized carbons (Fsp3) is 0.200. The first-order chi connectivity index (χ1) is 9.29. The van der Waals surface area contributed by atoms with Crippen LogP contribution in [-0.2, 0) is 6.18 Å². The summed E-state index contributed by atoms with van der Waals surface area (Å²) in [7, 11) is 0. The van der Waals surface area contributed by atoms with Crippen molar-refractivity contribution in [2.75, 3.05) is 0 Å². The predicted molar refractivity (Wildman–Crippen MR) is 74.4 cm³/mol. The van der Waals surface area contributed by atoms with Crippen LogP contribution in [0.25, 0.3) is 0 Å². The fourth-order valence-electron chi connectivity index (χ4n) is 2.01. The first-order valence-corrected chi connectivity index (χ1v) is 6.69. The number of aliphatic hydroxyl groups excluding tert-OH is 1. The van der Waals surface area contributed by atoms with Crippen LogP contribution in [0.5, 0.6) is 0 Å². The lowest BCUT2D eigenvalue weighted by Crippen LogP contribution is -2.08. The van der Waals surface area contributed by atoms with E-state index in [-0.39, 0.29) is 5.56 Å². The number of rotatable bonds is 2. The van der Waals surface area contributed by atoms with Crippen molar-refractivity contribution >= 4 is 15.9 Å². The van der Waals surface area contributed by atoms with E-state index < -0.39 is 17.8 Å².